The molecule has 0 saturated heterocycles. The summed E-state index contributed by atoms with van der Waals surface area (Å²) in [6.45, 7) is 11.7. The molecular formula is C22H44. The van der Waals surface area contributed by atoms with Gasteiger partial charge < -0.3 is 0 Å². The molecule has 0 nitrogen and oxygen atoms in total. The van der Waals surface area contributed by atoms with Crippen LogP contribution in [0.25, 0.3) is 0 Å². The Morgan fingerprint density at radius 2 is 1.18 bits per heavy atom. The SMILES string of the molecule is CCCCCCCCCCCCC/C=C/C(C)(C)C(C)CC. The quantitative estimate of drug-likeness (QED) is 0.211. The maximum absolute atomic E-state index is 2.46. The summed E-state index contributed by atoms with van der Waals surface area (Å²) in [6, 6.07) is 0. The zero-order chi connectivity index (χ0) is 16.7. The lowest BCUT2D eigenvalue weighted by molar-refractivity contribution is 0.298. The van der Waals surface area contributed by atoms with Crippen LogP contribution in [0.4, 0.5) is 0 Å². The van der Waals surface area contributed by atoms with E-state index in [9.17, 15) is 0 Å². The summed E-state index contributed by atoms with van der Waals surface area (Å²) < 4.78 is 0. The molecule has 0 heteroatoms. The molecule has 0 saturated carbocycles. The molecule has 0 fully saturated rings. The summed E-state index contributed by atoms with van der Waals surface area (Å²) in [7, 11) is 0. The summed E-state index contributed by atoms with van der Waals surface area (Å²) in [4.78, 5) is 0. The van der Waals surface area contributed by atoms with Gasteiger partial charge in [0.25, 0.3) is 0 Å². The van der Waals surface area contributed by atoms with Crippen LogP contribution in [0.2, 0.25) is 0 Å². The maximum atomic E-state index is 2.46. The van der Waals surface area contributed by atoms with Gasteiger partial charge in [-0.1, -0.05) is 117 Å². The predicted molar refractivity (Wildman–Crippen MR) is 103 cm³/mol. The molecule has 0 aromatic rings. The minimum Gasteiger partial charge on any atom is -0.0880 e. The molecule has 0 aliphatic rings. The van der Waals surface area contributed by atoms with Crippen molar-refractivity contribution in [2.75, 3.05) is 0 Å². The second-order valence-corrected chi connectivity index (χ2v) is 7.86. The highest BCUT2D eigenvalue weighted by atomic mass is 14.2. The first kappa shape index (κ1) is 21.7. The van der Waals surface area contributed by atoms with Crippen molar-refractivity contribution in [1.29, 1.82) is 0 Å². The number of rotatable bonds is 15. The van der Waals surface area contributed by atoms with Crippen LogP contribution in [-0.2, 0) is 0 Å². The second-order valence-electron chi connectivity index (χ2n) is 7.86. The lowest BCUT2D eigenvalue weighted by Gasteiger charge is -2.27. The average molecular weight is 309 g/mol. The molecule has 0 spiro atoms. The number of unbranched alkanes of at least 4 members (excludes halogenated alkanes) is 11. The molecule has 0 rings (SSSR count). The number of hydrogen-bond donors (Lipinski definition) is 0. The van der Waals surface area contributed by atoms with Crippen molar-refractivity contribution in [3.63, 3.8) is 0 Å². The second kappa shape index (κ2) is 14.3. The summed E-state index contributed by atoms with van der Waals surface area (Å²) in [5.41, 5.74) is 0.368. The first-order valence-corrected chi connectivity index (χ1v) is 10.2. The largest absolute Gasteiger partial charge is 0.0880 e. The Balaban J connectivity index is 3.36. The molecule has 0 aromatic carbocycles. The Morgan fingerprint density at radius 3 is 1.64 bits per heavy atom. The summed E-state index contributed by atoms with van der Waals surface area (Å²) >= 11 is 0. The minimum atomic E-state index is 0.368. The van der Waals surface area contributed by atoms with Gasteiger partial charge in [0.15, 0.2) is 0 Å². The Bertz CT molecular complexity index is 249. The van der Waals surface area contributed by atoms with Crippen molar-refractivity contribution >= 4 is 0 Å². The van der Waals surface area contributed by atoms with E-state index in [0.717, 1.165) is 5.92 Å². The molecule has 0 aliphatic heterocycles. The van der Waals surface area contributed by atoms with Crippen LogP contribution in [0.1, 0.15) is 118 Å². The van der Waals surface area contributed by atoms with E-state index in [1.54, 1.807) is 0 Å². The van der Waals surface area contributed by atoms with E-state index in [1.165, 1.54) is 83.5 Å². The lowest BCUT2D eigenvalue weighted by atomic mass is 9.78. The molecule has 0 radical (unpaired) electrons. The predicted octanol–water partition coefficient (Wildman–Crippen LogP) is 8.32. The van der Waals surface area contributed by atoms with Crippen LogP contribution in [0.3, 0.4) is 0 Å². The molecule has 0 heterocycles. The molecule has 0 bridgehead atoms. The van der Waals surface area contributed by atoms with Gasteiger partial charge in [-0.25, -0.2) is 0 Å². The van der Waals surface area contributed by atoms with Crippen LogP contribution in [0.15, 0.2) is 12.2 Å². The monoisotopic (exact) mass is 308 g/mol. The number of hydrogen-bond acceptors (Lipinski definition) is 0. The molecule has 0 amide bonds. The fraction of sp³-hybridized carbons (Fsp3) is 0.909. The van der Waals surface area contributed by atoms with Crippen molar-refractivity contribution < 1.29 is 0 Å². The Labute approximate surface area is 142 Å². The van der Waals surface area contributed by atoms with Gasteiger partial charge in [-0.05, 0) is 24.2 Å². The van der Waals surface area contributed by atoms with Crippen LogP contribution < -0.4 is 0 Å². The fourth-order valence-corrected chi connectivity index (χ4v) is 3.00. The zero-order valence-corrected chi connectivity index (χ0v) is 16.4. The average Bonchev–Trinajstić information content (AvgIpc) is 2.50. The third kappa shape index (κ3) is 12.3. The van der Waals surface area contributed by atoms with Gasteiger partial charge in [-0.3, -0.25) is 0 Å². The van der Waals surface area contributed by atoms with Crippen LogP contribution in [0, 0.1) is 11.3 Å². The van der Waals surface area contributed by atoms with E-state index in [2.05, 4.69) is 46.8 Å². The smallest absolute Gasteiger partial charge is 0.0149 e. The van der Waals surface area contributed by atoms with Crippen molar-refractivity contribution in [1.82, 2.24) is 0 Å². The van der Waals surface area contributed by atoms with Crippen molar-refractivity contribution in [2.45, 2.75) is 118 Å². The van der Waals surface area contributed by atoms with Crippen LogP contribution >= 0.6 is 0 Å². The molecule has 132 valence electrons. The van der Waals surface area contributed by atoms with Gasteiger partial charge in [0.2, 0.25) is 0 Å². The Kier molecular flexibility index (Phi) is 14.2. The van der Waals surface area contributed by atoms with Gasteiger partial charge in [0, 0.05) is 0 Å². The molecule has 22 heavy (non-hydrogen) atoms. The highest BCUT2D eigenvalue weighted by Gasteiger charge is 2.20. The first-order chi connectivity index (χ1) is 10.5. The molecule has 1 unspecified atom stereocenters. The van der Waals surface area contributed by atoms with Gasteiger partial charge in [0.1, 0.15) is 0 Å². The molecule has 0 aliphatic carbocycles. The lowest BCUT2D eigenvalue weighted by Crippen LogP contribution is -2.17. The van der Waals surface area contributed by atoms with Crippen molar-refractivity contribution in [3.8, 4) is 0 Å². The third-order valence-corrected chi connectivity index (χ3v) is 5.40. The Hall–Kier alpha value is -0.260. The molecular weight excluding hydrogens is 264 g/mol. The standard InChI is InChI=1S/C22H44/c1-6-8-9-10-11-12-13-14-15-16-17-18-19-20-22(4,5)21(3)7-2/h19-21H,6-18H2,1-5H3/b20-19+. The van der Waals surface area contributed by atoms with E-state index in [-0.39, 0.29) is 0 Å². The summed E-state index contributed by atoms with van der Waals surface area (Å²) in [5, 5.41) is 0. The van der Waals surface area contributed by atoms with E-state index in [1.807, 2.05) is 0 Å². The zero-order valence-electron chi connectivity index (χ0n) is 16.4. The van der Waals surface area contributed by atoms with E-state index < -0.39 is 0 Å². The highest BCUT2D eigenvalue weighted by Crippen LogP contribution is 2.30. The van der Waals surface area contributed by atoms with E-state index in [4.69, 9.17) is 0 Å². The first-order valence-electron chi connectivity index (χ1n) is 10.2. The van der Waals surface area contributed by atoms with Crippen LogP contribution in [0.5, 0.6) is 0 Å². The minimum absolute atomic E-state index is 0.368. The van der Waals surface area contributed by atoms with Gasteiger partial charge in [-0.15, -0.1) is 0 Å². The topological polar surface area (TPSA) is 0 Å². The van der Waals surface area contributed by atoms with Gasteiger partial charge in [0.05, 0.1) is 0 Å². The summed E-state index contributed by atoms with van der Waals surface area (Å²) in [6.07, 6.45) is 23.2. The van der Waals surface area contributed by atoms with Gasteiger partial charge in [-0.2, -0.15) is 0 Å². The Morgan fingerprint density at radius 1 is 0.727 bits per heavy atom. The molecule has 1 atom stereocenters. The highest BCUT2D eigenvalue weighted by molar-refractivity contribution is 4.97. The third-order valence-electron chi connectivity index (χ3n) is 5.40. The fourth-order valence-electron chi connectivity index (χ4n) is 3.00. The normalized spacial score (nSPS) is 13.9. The van der Waals surface area contributed by atoms with E-state index in [0.29, 0.717) is 5.41 Å². The number of allylic oxidation sites excluding steroid dienone is 2. The molecule has 0 aromatic heterocycles. The van der Waals surface area contributed by atoms with Crippen LogP contribution in [-0.4, -0.2) is 0 Å². The van der Waals surface area contributed by atoms with Crippen molar-refractivity contribution in [2.24, 2.45) is 11.3 Å². The molecule has 0 N–H and O–H groups in total. The summed E-state index contributed by atoms with van der Waals surface area (Å²) in [5.74, 6) is 0.779. The maximum Gasteiger partial charge on any atom is -0.0149 e. The van der Waals surface area contributed by atoms with Gasteiger partial charge >= 0.3 is 0 Å². The van der Waals surface area contributed by atoms with E-state index >= 15 is 0 Å². The van der Waals surface area contributed by atoms with Crippen molar-refractivity contribution in [3.05, 3.63) is 12.2 Å².